The number of nitrogens with one attached hydrogen (secondary N) is 1. The molecule has 1 fully saturated rings. The minimum Gasteiger partial charge on any atom is -0.353 e. The van der Waals surface area contributed by atoms with Crippen LogP contribution in [0, 0.1) is 0 Å². The Labute approximate surface area is 141 Å². The standard InChI is InChI=1S/C17H27N3O4/c1-3-6-14(24-15-7-4-5-10-23-15)20-9-8-13-12(11-20)16(21)19(2)17(22)18-13/h14-15H,3-11H2,1-2H3,(H,18,22). The molecule has 3 heterocycles. The Bertz CT molecular complexity index is 675. The molecule has 2 aliphatic heterocycles. The SMILES string of the molecule is CCCC(OC1CCCCO1)N1CCc2[nH]c(=O)n(C)c(=O)c2C1. The molecule has 7 nitrogen and oxygen atoms in total. The molecule has 2 atom stereocenters. The number of aromatic amines is 1. The van der Waals surface area contributed by atoms with E-state index in [9.17, 15) is 9.59 Å². The number of aromatic nitrogens is 2. The zero-order valence-electron chi connectivity index (χ0n) is 14.5. The minimum atomic E-state index is -0.343. The van der Waals surface area contributed by atoms with Gasteiger partial charge in [-0.2, -0.15) is 0 Å². The number of hydrogen-bond donors (Lipinski definition) is 1. The van der Waals surface area contributed by atoms with Crippen molar-refractivity contribution in [3.05, 3.63) is 32.1 Å². The summed E-state index contributed by atoms with van der Waals surface area (Å²) in [6.45, 7) is 4.17. The second kappa shape index (κ2) is 7.63. The maximum Gasteiger partial charge on any atom is 0.328 e. The largest absolute Gasteiger partial charge is 0.353 e. The molecule has 1 N–H and O–H groups in total. The highest BCUT2D eigenvalue weighted by molar-refractivity contribution is 5.19. The van der Waals surface area contributed by atoms with Gasteiger partial charge < -0.3 is 14.5 Å². The van der Waals surface area contributed by atoms with E-state index in [1.165, 1.54) is 7.05 Å². The van der Waals surface area contributed by atoms with Crippen LogP contribution in [0.15, 0.2) is 9.59 Å². The van der Waals surface area contributed by atoms with Crippen LogP contribution < -0.4 is 11.2 Å². The monoisotopic (exact) mass is 337 g/mol. The Morgan fingerprint density at radius 2 is 2.21 bits per heavy atom. The Kier molecular flexibility index (Phi) is 5.53. The molecule has 1 saturated heterocycles. The van der Waals surface area contributed by atoms with E-state index >= 15 is 0 Å². The zero-order valence-corrected chi connectivity index (χ0v) is 14.5. The summed E-state index contributed by atoms with van der Waals surface area (Å²) in [4.78, 5) is 29.2. The van der Waals surface area contributed by atoms with E-state index in [1.54, 1.807) is 0 Å². The molecule has 0 aromatic carbocycles. The minimum absolute atomic E-state index is 0.0529. The van der Waals surface area contributed by atoms with Gasteiger partial charge in [0.1, 0.15) is 6.23 Å². The second-order valence-electron chi connectivity index (χ2n) is 6.65. The van der Waals surface area contributed by atoms with Crippen LogP contribution in [0.3, 0.4) is 0 Å². The summed E-state index contributed by atoms with van der Waals surface area (Å²) in [7, 11) is 1.51. The average molecular weight is 337 g/mol. The van der Waals surface area contributed by atoms with Gasteiger partial charge in [0.15, 0.2) is 6.29 Å². The summed E-state index contributed by atoms with van der Waals surface area (Å²) in [6, 6.07) is 0. The molecule has 0 radical (unpaired) electrons. The molecule has 0 bridgehead atoms. The summed E-state index contributed by atoms with van der Waals surface area (Å²) < 4.78 is 13.1. The molecule has 2 aliphatic rings. The lowest BCUT2D eigenvalue weighted by Gasteiger charge is -2.37. The number of ether oxygens (including phenoxy) is 2. The van der Waals surface area contributed by atoms with Gasteiger partial charge in [0.05, 0.1) is 5.56 Å². The lowest BCUT2D eigenvalue weighted by molar-refractivity contribution is -0.224. The van der Waals surface area contributed by atoms with Crippen LogP contribution in [0.2, 0.25) is 0 Å². The number of rotatable bonds is 5. The Balaban J connectivity index is 1.77. The van der Waals surface area contributed by atoms with E-state index in [4.69, 9.17) is 9.47 Å². The molecule has 1 aromatic rings. The van der Waals surface area contributed by atoms with E-state index < -0.39 is 0 Å². The van der Waals surface area contributed by atoms with Crippen molar-refractivity contribution in [3.63, 3.8) is 0 Å². The summed E-state index contributed by atoms with van der Waals surface area (Å²) in [6.07, 6.45) is 5.53. The molecule has 1 aromatic heterocycles. The second-order valence-corrected chi connectivity index (χ2v) is 6.65. The molecule has 0 saturated carbocycles. The maximum absolute atomic E-state index is 12.4. The van der Waals surface area contributed by atoms with E-state index in [1.807, 2.05) is 0 Å². The van der Waals surface area contributed by atoms with Gasteiger partial charge in [-0.05, 0) is 25.7 Å². The number of hydrogen-bond acceptors (Lipinski definition) is 5. The van der Waals surface area contributed by atoms with Gasteiger partial charge in [-0.1, -0.05) is 13.3 Å². The summed E-state index contributed by atoms with van der Waals surface area (Å²) in [5, 5.41) is 0. The number of fused-ring (bicyclic) bond motifs is 1. The highest BCUT2D eigenvalue weighted by atomic mass is 16.7. The van der Waals surface area contributed by atoms with Crippen LogP contribution in [0.25, 0.3) is 0 Å². The molecule has 2 unspecified atom stereocenters. The van der Waals surface area contributed by atoms with E-state index in [0.717, 1.165) is 55.5 Å². The lowest BCUT2D eigenvalue weighted by atomic mass is 10.1. The highest BCUT2D eigenvalue weighted by Gasteiger charge is 2.29. The Morgan fingerprint density at radius 1 is 1.38 bits per heavy atom. The molecule has 3 rings (SSSR count). The number of H-pyrrole nitrogens is 1. The van der Waals surface area contributed by atoms with Gasteiger partial charge in [-0.15, -0.1) is 0 Å². The van der Waals surface area contributed by atoms with Gasteiger partial charge in [-0.3, -0.25) is 14.3 Å². The molecule has 0 amide bonds. The van der Waals surface area contributed by atoms with Crippen molar-refractivity contribution < 1.29 is 9.47 Å². The molecular formula is C17H27N3O4. The first-order valence-electron chi connectivity index (χ1n) is 8.92. The fourth-order valence-corrected chi connectivity index (χ4v) is 3.45. The van der Waals surface area contributed by atoms with Crippen molar-refractivity contribution >= 4 is 0 Å². The van der Waals surface area contributed by atoms with Crippen LogP contribution in [0.1, 0.15) is 50.3 Å². The first kappa shape index (κ1) is 17.4. The van der Waals surface area contributed by atoms with Crippen LogP contribution in [-0.4, -0.2) is 40.1 Å². The van der Waals surface area contributed by atoms with Gasteiger partial charge in [0, 0.05) is 38.9 Å². The van der Waals surface area contributed by atoms with Crippen LogP contribution in [0.5, 0.6) is 0 Å². The van der Waals surface area contributed by atoms with Crippen molar-refractivity contribution in [2.45, 2.75) is 64.5 Å². The highest BCUT2D eigenvalue weighted by Crippen LogP contribution is 2.23. The normalized spacial score (nSPS) is 23.0. The van der Waals surface area contributed by atoms with Crippen molar-refractivity contribution in [3.8, 4) is 0 Å². The van der Waals surface area contributed by atoms with Crippen molar-refractivity contribution in [1.82, 2.24) is 14.5 Å². The van der Waals surface area contributed by atoms with Crippen molar-refractivity contribution in [2.24, 2.45) is 7.05 Å². The third-order valence-electron chi connectivity index (χ3n) is 4.89. The predicted molar refractivity (Wildman–Crippen MR) is 89.8 cm³/mol. The van der Waals surface area contributed by atoms with E-state index in [0.29, 0.717) is 18.5 Å². The fraction of sp³-hybridized carbons (Fsp3) is 0.765. The van der Waals surface area contributed by atoms with Crippen LogP contribution in [-0.2, 0) is 29.5 Å². The fourth-order valence-electron chi connectivity index (χ4n) is 3.45. The molecule has 24 heavy (non-hydrogen) atoms. The van der Waals surface area contributed by atoms with E-state index in [-0.39, 0.29) is 23.8 Å². The van der Waals surface area contributed by atoms with E-state index in [2.05, 4.69) is 16.8 Å². The molecule has 0 aliphatic carbocycles. The third kappa shape index (κ3) is 3.63. The first-order valence-corrected chi connectivity index (χ1v) is 8.92. The Morgan fingerprint density at radius 3 is 2.92 bits per heavy atom. The maximum atomic E-state index is 12.4. The summed E-state index contributed by atoms with van der Waals surface area (Å²) in [5.74, 6) is 0. The molecular weight excluding hydrogens is 310 g/mol. The van der Waals surface area contributed by atoms with Crippen molar-refractivity contribution in [2.75, 3.05) is 13.2 Å². The summed E-state index contributed by atoms with van der Waals surface area (Å²) in [5.41, 5.74) is 0.896. The molecule has 7 heteroatoms. The molecule has 0 spiro atoms. The zero-order chi connectivity index (χ0) is 17.1. The summed E-state index contributed by atoms with van der Waals surface area (Å²) >= 11 is 0. The van der Waals surface area contributed by atoms with Crippen LogP contribution >= 0.6 is 0 Å². The van der Waals surface area contributed by atoms with Gasteiger partial charge in [0.25, 0.3) is 5.56 Å². The van der Waals surface area contributed by atoms with Crippen LogP contribution in [0.4, 0.5) is 0 Å². The Hall–Kier alpha value is -1.44. The third-order valence-corrected chi connectivity index (χ3v) is 4.89. The van der Waals surface area contributed by atoms with Gasteiger partial charge in [-0.25, -0.2) is 4.79 Å². The average Bonchev–Trinajstić information content (AvgIpc) is 2.60. The quantitative estimate of drug-likeness (QED) is 0.871. The smallest absolute Gasteiger partial charge is 0.328 e. The predicted octanol–water partition coefficient (Wildman–Crippen LogP) is 1.10. The van der Waals surface area contributed by atoms with Gasteiger partial charge in [0.2, 0.25) is 0 Å². The lowest BCUT2D eigenvalue weighted by Crippen LogP contribution is -2.47. The first-order chi connectivity index (χ1) is 11.6. The van der Waals surface area contributed by atoms with Crippen molar-refractivity contribution in [1.29, 1.82) is 0 Å². The van der Waals surface area contributed by atoms with Gasteiger partial charge >= 0.3 is 5.69 Å². The number of nitrogens with zero attached hydrogens (tertiary/aromatic N) is 2. The molecule has 134 valence electrons. The topological polar surface area (TPSA) is 76.6 Å².